The van der Waals surface area contributed by atoms with Crippen LogP contribution in [-0.4, -0.2) is 31.0 Å². The number of carbonyl (C=O) groups is 1. The molecule has 0 radical (unpaired) electrons. The van der Waals surface area contributed by atoms with Crippen LogP contribution >= 0.6 is 0 Å². The number of carbonyl (C=O) groups excluding carboxylic acids is 1. The molecule has 2 amide bonds. The Morgan fingerprint density at radius 2 is 1.37 bits per heavy atom. The van der Waals surface area contributed by atoms with Crippen LogP contribution in [0.1, 0.15) is 5.56 Å². The van der Waals surface area contributed by atoms with Crippen molar-refractivity contribution in [2.45, 2.75) is 6.92 Å². The van der Waals surface area contributed by atoms with Gasteiger partial charge in [0.15, 0.2) is 0 Å². The van der Waals surface area contributed by atoms with Gasteiger partial charge in [-0.1, -0.05) is 12.1 Å². The Labute approximate surface area is 200 Å². The molecule has 0 aliphatic carbocycles. The molecule has 0 saturated carbocycles. The number of aromatic amines is 2. The van der Waals surface area contributed by atoms with Gasteiger partial charge in [0, 0.05) is 28.7 Å². The zero-order valence-corrected chi connectivity index (χ0v) is 18.8. The minimum Gasteiger partial charge on any atom is -0.338 e. The van der Waals surface area contributed by atoms with E-state index in [4.69, 9.17) is 4.98 Å². The summed E-state index contributed by atoms with van der Waals surface area (Å²) in [6.45, 7) is 2.04. The normalized spacial score (nSPS) is 11.1. The Morgan fingerprint density at radius 1 is 0.743 bits per heavy atom. The van der Waals surface area contributed by atoms with Gasteiger partial charge in [0.25, 0.3) is 0 Å². The van der Waals surface area contributed by atoms with Gasteiger partial charge in [-0.25, -0.2) is 14.8 Å². The second-order valence-electron chi connectivity index (χ2n) is 8.27. The average molecular weight is 460 g/mol. The first-order chi connectivity index (χ1) is 17.1. The summed E-state index contributed by atoms with van der Waals surface area (Å²) in [6, 6.07) is 22.7. The van der Waals surface area contributed by atoms with Gasteiger partial charge < -0.3 is 20.6 Å². The molecule has 3 aromatic carbocycles. The molecule has 3 heterocycles. The number of para-hydroxylation sites is 1. The molecule has 0 atom stereocenters. The molecule has 4 N–H and O–H groups in total. The van der Waals surface area contributed by atoms with E-state index in [1.807, 2.05) is 79.7 Å². The van der Waals surface area contributed by atoms with Crippen LogP contribution < -0.4 is 10.6 Å². The first-order valence-corrected chi connectivity index (χ1v) is 11.2. The van der Waals surface area contributed by atoms with E-state index in [0.29, 0.717) is 11.4 Å². The quantitative estimate of drug-likeness (QED) is 0.254. The maximum absolute atomic E-state index is 12.5. The van der Waals surface area contributed by atoms with Crippen LogP contribution in [0, 0.1) is 6.92 Å². The van der Waals surface area contributed by atoms with Crippen LogP contribution in [0.2, 0.25) is 0 Å². The molecule has 0 fully saturated rings. The first kappa shape index (κ1) is 20.6. The first-order valence-electron chi connectivity index (χ1n) is 11.2. The summed E-state index contributed by atoms with van der Waals surface area (Å²) in [5.74, 6) is 1.55. The van der Waals surface area contributed by atoms with Crippen molar-refractivity contribution in [3.8, 4) is 22.8 Å². The number of H-pyrrole nitrogens is 2. The van der Waals surface area contributed by atoms with Crippen molar-refractivity contribution in [3.05, 3.63) is 90.8 Å². The summed E-state index contributed by atoms with van der Waals surface area (Å²) in [6.07, 6.45) is 3.46. The number of amides is 2. The number of benzene rings is 3. The molecule has 0 aliphatic rings. The summed E-state index contributed by atoms with van der Waals surface area (Å²) in [5.41, 5.74) is 8.07. The number of imidazole rings is 2. The number of aromatic nitrogens is 5. The van der Waals surface area contributed by atoms with E-state index in [-0.39, 0.29) is 6.03 Å². The Morgan fingerprint density at radius 3 is 2.00 bits per heavy atom. The number of fused-ring (bicyclic) bond motifs is 2. The van der Waals surface area contributed by atoms with Crippen LogP contribution in [0.4, 0.5) is 16.2 Å². The number of nitrogens with one attached hydrogen (secondary N) is 4. The molecule has 170 valence electrons. The third-order valence-corrected chi connectivity index (χ3v) is 5.83. The van der Waals surface area contributed by atoms with Gasteiger partial charge in [-0.05, 0) is 73.2 Å². The zero-order chi connectivity index (χ0) is 23.8. The van der Waals surface area contributed by atoms with Crippen molar-refractivity contribution in [2.75, 3.05) is 10.6 Å². The molecule has 0 bridgehead atoms. The molecule has 8 nitrogen and oxygen atoms in total. The Balaban J connectivity index is 1.11. The molecule has 6 rings (SSSR count). The molecule has 6 aromatic rings. The van der Waals surface area contributed by atoms with Crippen LogP contribution in [0.5, 0.6) is 0 Å². The van der Waals surface area contributed by atoms with Gasteiger partial charge in [-0.2, -0.15) is 0 Å². The number of anilines is 2. The van der Waals surface area contributed by atoms with Gasteiger partial charge in [0.1, 0.15) is 11.6 Å². The molecule has 8 heteroatoms. The van der Waals surface area contributed by atoms with Crippen molar-refractivity contribution < 1.29 is 4.79 Å². The number of nitrogens with zero attached hydrogens (tertiary/aromatic N) is 3. The number of hydrogen-bond acceptors (Lipinski definition) is 4. The Kier molecular flexibility index (Phi) is 4.96. The second-order valence-corrected chi connectivity index (χ2v) is 8.27. The highest BCUT2D eigenvalue weighted by Gasteiger charge is 2.09. The fourth-order valence-electron chi connectivity index (χ4n) is 4.02. The number of urea groups is 1. The van der Waals surface area contributed by atoms with E-state index in [1.165, 1.54) is 0 Å². The standard InChI is InChI=1S/C27H21N7O/c1-16-3-2-4-22-24(16)34-26(32-22)18-7-11-20(12-8-18)30-27(35)29-19-9-5-17(6-10-19)25-31-21-13-14-28-15-23(21)33-25/h2-15H,1H3,(H,31,33)(H,32,34)(H2,29,30,35). The minimum absolute atomic E-state index is 0.320. The molecule has 0 spiro atoms. The van der Waals surface area contributed by atoms with Crippen LogP contribution in [-0.2, 0) is 0 Å². The SMILES string of the molecule is Cc1cccc2[nH]c(-c3ccc(NC(=O)Nc4ccc(-c5nc6ccncc6[nH]5)cc4)cc3)nc12. The number of pyridine rings is 1. The summed E-state index contributed by atoms with van der Waals surface area (Å²) in [7, 11) is 0. The van der Waals surface area contributed by atoms with E-state index in [0.717, 1.165) is 50.4 Å². The fourth-order valence-corrected chi connectivity index (χ4v) is 4.02. The molecular formula is C27H21N7O. The lowest BCUT2D eigenvalue weighted by Gasteiger charge is -2.08. The zero-order valence-electron chi connectivity index (χ0n) is 18.8. The van der Waals surface area contributed by atoms with Crippen LogP contribution in [0.25, 0.3) is 44.8 Å². The van der Waals surface area contributed by atoms with Gasteiger partial charge >= 0.3 is 6.03 Å². The molecule has 0 aliphatic heterocycles. The van der Waals surface area contributed by atoms with Gasteiger partial charge in [-0.3, -0.25) is 4.98 Å². The van der Waals surface area contributed by atoms with Crippen LogP contribution in [0.3, 0.4) is 0 Å². The van der Waals surface area contributed by atoms with Crippen LogP contribution in [0.15, 0.2) is 85.2 Å². The highest BCUT2D eigenvalue weighted by atomic mass is 16.2. The molecular weight excluding hydrogens is 438 g/mol. The lowest BCUT2D eigenvalue weighted by atomic mass is 10.2. The van der Waals surface area contributed by atoms with E-state index < -0.39 is 0 Å². The lowest BCUT2D eigenvalue weighted by molar-refractivity contribution is 0.262. The van der Waals surface area contributed by atoms with Gasteiger partial charge in [0.2, 0.25) is 0 Å². The lowest BCUT2D eigenvalue weighted by Crippen LogP contribution is -2.19. The summed E-state index contributed by atoms with van der Waals surface area (Å²) >= 11 is 0. The Hall–Kier alpha value is -4.98. The summed E-state index contributed by atoms with van der Waals surface area (Å²) in [4.78, 5) is 32.5. The third kappa shape index (κ3) is 4.08. The molecule has 35 heavy (non-hydrogen) atoms. The number of rotatable bonds is 4. The van der Waals surface area contributed by atoms with E-state index >= 15 is 0 Å². The largest absolute Gasteiger partial charge is 0.338 e. The van der Waals surface area contributed by atoms with E-state index in [1.54, 1.807) is 12.4 Å². The van der Waals surface area contributed by atoms with Crippen molar-refractivity contribution in [2.24, 2.45) is 0 Å². The monoisotopic (exact) mass is 459 g/mol. The number of aryl methyl sites for hydroxylation is 1. The molecule has 3 aromatic heterocycles. The van der Waals surface area contributed by atoms with Crippen molar-refractivity contribution in [1.82, 2.24) is 24.9 Å². The predicted molar refractivity (Wildman–Crippen MR) is 138 cm³/mol. The summed E-state index contributed by atoms with van der Waals surface area (Å²) in [5, 5.41) is 5.72. The smallest absolute Gasteiger partial charge is 0.323 e. The molecule has 0 saturated heterocycles. The Bertz CT molecular complexity index is 1630. The maximum atomic E-state index is 12.5. The summed E-state index contributed by atoms with van der Waals surface area (Å²) < 4.78 is 0. The van der Waals surface area contributed by atoms with Crippen molar-refractivity contribution in [1.29, 1.82) is 0 Å². The minimum atomic E-state index is -0.320. The maximum Gasteiger partial charge on any atom is 0.323 e. The van der Waals surface area contributed by atoms with E-state index in [9.17, 15) is 4.79 Å². The fraction of sp³-hybridized carbons (Fsp3) is 0.0370. The molecule has 0 unspecified atom stereocenters. The average Bonchev–Trinajstić information content (AvgIpc) is 3.50. The van der Waals surface area contributed by atoms with E-state index in [2.05, 4.69) is 30.6 Å². The van der Waals surface area contributed by atoms with Gasteiger partial charge in [0.05, 0.1) is 28.3 Å². The third-order valence-electron chi connectivity index (χ3n) is 5.83. The van der Waals surface area contributed by atoms with Crippen molar-refractivity contribution >= 4 is 39.5 Å². The predicted octanol–water partition coefficient (Wildman–Crippen LogP) is 6.12. The topological polar surface area (TPSA) is 111 Å². The van der Waals surface area contributed by atoms with Crippen molar-refractivity contribution in [3.63, 3.8) is 0 Å². The second kappa shape index (κ2) is 8.42. The number of hydrogen-bond donors (Lipinski definition) is 4. The highest BCUT2D eigenvalue weighted by molar-refractivity contribution is 6.00. The highest BCUT2D eigenvalue weighted by Crippen LogP contribution is 2.24. The van der Waals surface area contributed by atoms with Gasteiger partial charge in [-0.15, -0.1) is 0 Å².